The quantitative estimate of drug-likeness (QED) is 0.542. The summed E-state index contributed by atoms with van der Waals surface area (Å²) in [5, 5.41) is -0.338. The van der Waals surface area contributed by atoms with E-state index < -0.39 is 8.07 Å². The van der Waals surface area contributed by atoms with E-state index in [0.717, 1.165) is 24.8 Å². The van der Waals surface area contributed by atoms with Gasteiger partial charge in [0.25, 0.3) is 0 Å². The van der Waals surface area contributed by atoms with Crippen molar-refractivity contribution in [3.8, 4) is 0 Å². The first kappa shape index (κ1) is 13.0. The summed E-state index contributed by atoms with van der Waals surface area (Å²) in [4.78, 5) is 12.6. The first-order chi connectivity index (χ1) is 9.38. The van der Waals surface area contributed by atoms with Gasteiger partial charge in [0.1, 0.15) is 5.22 Å². The van der Waals surface area contributed by atoms with E-state index in [4.69, 9.17) is 4.74 Å². The minimum absolute atomic E-state index is 0.0507. The summed E-state index contributed by atoms with van der Waals surface area (Å²) < 4.78 is 6.84. The van der Waals surface area contributed by atoms with Crippen LogP contribution in [0.3, 0.4) is 0 Å². The van der Waals surface area contributed by atoms with Crippen molar-refractivity contribution in [2.75, 3.05) is 0 Å². The number of ketones is 1. The van der Waals surface area contributed by atoms with Crippen molar-refractivity contribution in [2.45, 2.75) is 69.0 Å². The van der Waals surface area contributed by atoms with Crippen molar-refractivity contribution >= 4 is 13.9 Å². The summed E-state index contributed by atoms with van der Waals surface area (Å²) in [6.07, 6.45) is 11.1. The molecule has 0 N–H and O–H groups in total. The lowest BCUT2D eigenvalue weighted by molar-refractivity contribution is -0.117. The highest BCUT2D eigenvalue weighted by Gasteiger charge is 2.61. The lowest BCUT2D eigenvalue weighted by Gasteiger charge is -2.42. The maximum Gasteiger partial charge on any atom is 0.162 e. The first-order valence-electron chi connectivity index (χ1n) is 8.04. The molecule has 108 valence electrons. The molecule has 1 saturated carbocycles. The lowest BCUT2D eigenvalue weighted by atomic mass is 9.84. The fraction of sp³-hybridized carbons (Fsp3) is 0.706. The summed E-state index contributed by atoms with van der Waals surface area (Å²) in [6.45, 7) is 7.05. The van der Waals surface area contributed by atoms with Crippen LogP contribution in [0.15, 0.2) is 23.3 Å². The summed E-state index contributed by atoms with van der Waals surface area (Å²) in [5.41, 5.74) is 2.47. The molecular formula is C17H24O2Si. The number of carbonyl (C=O) groups is 1. The molecule has 20 heavy (non-hydrogen) atoms. The number of fused-ring (bicyclic) bond motifs is 2. The summed E-state index contributed by atoms with van der Waals surface area (Å²) in [7, 11) is -1.68. The molecule has 1 spiro atoms. The molecule has 4 aliphatic rings. The van der Waals surface area contributed by atoms with Crippen molar-refractivity contribution in [2.24, 2.45) is 5.92 Å². The topological polar surface area (TPSA) is 26.3 Å². The van der Waals surface area contributed by atoms with Crippen molar-refractivity contribution in [1.29, 1.82) is 0 Å². The molecular weight excluding hydrogens is 264 g/mol. The van der Waals surface area contributed by atoms with Gasteiger partial charge in [-0.1, -0.05) is 37.4 Å². The summed E-state index contributed by atoms with van der Waals surface area (Å²) >= 11 is 0. The molecule has 2 nitrogen and oxygen atoms in total. The number of ether oxygens (including phenoxy) is 1. The maximum absolute atomic E-state index is 12.6. The Morgan fingerprint density at radius 3 is 2.80 bits per heavy atom. The smallest absolute Gasteiger partial charge is 0.162 e. The van der Waals surface area contributed by atoms with Gasteiger partial charge in [0.05, 0.1) is 13.7 Å². The zero-order valence-corrected chi connectivity index (χ0v) is 13.8. The molecule has 2 aliphatic carbocycles. The molecule has 2 heterocycles. The second-order valence-corrected chi connectivity index (χ2v) is 13.3. The third kappa shape index (κ3) is 1.41. The van der Waals surface area contributed by atoms with E-state index in [1.807, 2.05) is 0 Å². The van der Waals surface area contributed by atoms with E-state index in [-0.39, 0.29) is 10.8 Å². The Balaban J connectivity index is 1.94. The van der Waals surface area contributed by atoms with Crippen molar-refractivity contribution < 1.29 is 9.53 Å². The summed E-state index contributed by atoms with van der Waals surface area (Å²) in [5.74, 6) is 0.972. The van der Waals surface area contributed by atoms with E-state index in [2.05, 4.69) is 31.8 Å². The van der Waals surface area contributed by atoms with Gasteiger partial charge in [-0.25, -0.2) is 0 Å². The minimum Gasteiger partial charge on any atom is -0.359 e. The molecule has 2 bridgehead atoms. The molecule has 0 amide bonds. The van der Waals surface area contributed by atoms with Gasteiger partial charge in [-0.15, -0.1) is 0 Å². The Labute approximate surface area is 122 Å². The molecule has 0 aromatic heterocycles. The Morgan fingerprint density at radius 2 is 2.05 bits per heavy atom. The van der Waals surface area contributed by atoms with Crippen LogP contribution in [0.5, 0.6) is 0 Å². The van der Waals surface area contributed by atoms with Crippen molar-refractivity contribution in [3.63, 3.8) is 0 Å². The average Bonchev–Trinajstić information content (AvgIpc) is 2.99. The molecule has 0 aromatic rings. The number of allylic oxidation sites excluding steroid dienone is 1. The highest BCUT2D eigenvalue weighted by atomic mass is 28.3. The second kappa shape index (κ2) is 3.75. The third-order valence-corrected chi connectivity index (χ3v) is 8.77. The van der Waals surface area contributed by atoms with E-state index in [9.17, 15) is 4.79 Å². The fourth-order valence-electron chi connectivity index (χ4n) is 4.92. The molecule has 2 aliphatic heterocycles. The average molecular weight is 288 g/mol. The monoisotopic (exact) mass is 288 g/mol. The Morgan fingerprint density at radius 1 is 1.25 bits per heavy atom. The van der Waals surface area contributed by atoms with Gasteiger partial charge in [-0.2, -0.15) is 0 Å². The van der Waals surface area contributed by atoms with Crippen LogP contribution in [0.1, 0.15) is 38.5 Å². The van der Waals surface area contributed by atoms with Crippen LogP contribution in [-0.2, 0) is 9.53 Å². The number of carbonyl (C=O) groups excluding carboxylic acids is 1. The lowest BCUT2D eigenvalue weighted by Crippen LogP contribution is -2.56. The van der Waals surface area contributed by atoms with Crippen molar-refractivity contribution in [3.05, 3.63) is 23.3 Å². The molecule has 0 aromatic carbocycles. The second-order valence-electron chi connectivity index (χ2n) is 8.07. The van der Waals surface area contributed by atoms with Crippen LogP contribution in [0.4, 0.5) is 0 Å². The SMILES string of the molecule is C[Si](C)(C)[C@@]12C=C[C@]3(CCC[C@H]3CC3=C1C(=O)CC3)O2. The van der Waals surface area contributed by atoms with Gasteiger partial charge in [0.15, 0.2) is 5.78 Å². The first-order valence-corrected chi connectivity index (χ1v) is 11.5. The Kier molecular flexibility index (Phi) is 2.44. The van der Waals surface area contributed by atoms with E-state index in [0.29, 0.717) is 18.1 Å². The third-order valence-electron chi connectivity index (χ3n) is 6.03. The number of hydrogen-bond acceptors (Lipinski definition) is 2. The molecule has 4 rings (SSSR count). The zero-order chi connectivity index (χ0) is 14.2. The van der Waals surface area contributed by atoms with Crippen LogP contribution < -0.4 is 0 Å². The molecule has 3 atom stereocenters. The zero-order valence-electron chi connectivity index (χ0n) is 12.8. The van der Waals surface area contributed by atoms with Gasteiger partial charge in [0, 0.05) is 12.0 Å². The molecule has 3 heteroatoms. The van der Waals surface area contributed by atoms with E-state index in [1.54, 1.807) is 0 Å². The van der Waals surface area contributed by atoms with Gasteiger partial charge >= 0.3 is 0 Å². The predicted molar refractivity (Wildman–Crippen MR) is 82.3 cm³/mol. The van der Waals surface area contributed by atoms with Crippen molar-refractivity contribution in [1.82, 2.24) is 0 Å². The van der Waals surface area contributed by atoms with Gasteiger partial charge in [-0.05, 0) is 38.0 Å². The Bertz CT molecular complexity index is 554. The van der Waals surface area contributed by atoms with Gasteiger partial charge in [-0.3, -0.25) is 4.79 Å². The van der Waals surface area contributed by atoms with Gasteiger partial charge in [0.2, 0.25) is 0 Å². The molecule has 0 saturated heterocycles. The van der Waals surface area contributed by atoms with Crippen LogP contribution in [0, 0.1) is 5.92 Å². The van der Waals surface area contributed by atoms with Crippen LogP contribution >= 0.6 is 0 Å². The molecule has 0 radical (unpaired) electrons. The van der Waals surface area contributed by atoms with E-state index in [1.165, 1.54) is 18.4 Å². The number of hydrogen-bond donors (Lipinski definition) is 0. The summed E-state index contributed by atoms with van der Waals surface area (Å²) in [6, 6.07) is 0. The fourth-order valence-corrected chi connectivity index (χ4v) is 7.07. The molecule has 1 fully saturated rings. The Hall–Kier alpha value is -0.673. The predicted octanol–water partition coefficient (Wildman–Crippen LogP) is 3.79. The standard InChI is InChI=1S/C17H24O2Si/c1-20(2,3)17-10-9-16(19-17)8-4-5-13(16)11-12-6-7-14(18)15(12)17/h9-10,13H,4-8,11H2,1-3H3/t13-,16-,17-/m0/s1. The maximum atomic E-state index is 12.6. The van der Waals surface area contributed by atoms with Crippen LogP contribution in [0.2, 0.25) is 19.6 Å². The highest BCUT2D eigenvalue weighted by molar-refractivity contribution is 6.80. The minimum atomic E-state index is -1.68. The number of rotatable bonds is 1. The largest absolute Gasteiger partial charge is 0.359 e. The van der Waals surface area contributed by atoms with Gasteiger partial charge < -0.3 is 4.74 Å². The normalized spacial score (nSPS) is 43.0. The van der Waals surface area contributed by atoms with Crippen LogP contribution in [0.25, 0.3) is 0 Å². The van der Waals surface area contributed by atoms with Crippen LogP contribution in [-0.4, -0.2) is 24.7 Å². The highest BCUT2D eigenvalue weighted by Crippen LogP contribution is 2.58. The number of Topliss-reactive ketones (excluding diaryl/α,β-unsaturated/α-hetero) is 1. The van der Waals surface area contributed by atoms with E-state index >= 15 is 0 Å². The molecule has 0 unspecified atom stereocenters.